The monoisotopic (exact) mass is 207 g/mol. The summed E-state index contributed by atoms with van der Waals surface area (Å²) in [6.07, 6.45) is 0. The van der Waals surface area contributed by atoms with Crippen molar-refractivity contribution in [1.82, 2.24) is 0 Å². The average Bonchev–Trinajstić information content (AvgIpc) is 2.67. The van der Waals surface area contributed by atoms with E-state index in [1.165, 1.54) is 11.1 Å². The zero-order valence-corrected chi connectivity index (χ0v) is 9.25. The van der Waals surface area contributed by atoms with E-state index in [2.05, 4.69) is 26.0 Å². The molecule has 0 unspecified atom stereocenters. The van der Waals surface area contributed by atoms with Crippen LogP contribution in [0.1, 0.15) is 16.7 Å². The van der Waals surface area contributed by atoms with Crippen molar-refractivity contribution in [2.75, 3.05) is 19.8 Å². The molecule has 82 valence electrons. The molecule has 3 heteroatoms. The van der Waals surface area contributed by atoms with Crippen LogP contribution < -0.4 is 5.73 Å². The Hall–Kier alpha value is -0.900. The normalized spacial score (nSPS) is 19.4. The van der Waals surface area contributed by atoms with Gasteiger partial charge in [0.2, 0.25) is 5.79 Å². The first-order valence-corrected chi connectivity index (χ1v) is 5.24. The van der Waals surface area contributed by atoms with Crippen LogP contribution in [0.25, 0.3) is 0 Å². The minimum absolute atomic E-state index is 0.358. The van der Waals surface area contributed by atoms with Gasteiger partial charge in [0.05, 0.1) is 19.8 Å². The van der Waals surface area contributed by atoms with Gasteiger partial charge in [0.15, 0.2) is 0 Å². The summed E-state index contributed by atoms with van der Waals surface area (Å²) in [5.74, 6) is -0.711. The summed E-state index contributed by atoms with van der Waals surface area (Å²) in [5.41, 5.74) is 9.21. The number of ether oxygens (including phenoxy) is 2. The van der Waals surface area contributed by atoms with Gasteiger partial charge in [-0.1, -0.05) is 23.8 Å². The summed E-state index contributed by atoms with van der Waals surface area (Å²) in [6.45, 7) is 5.72. The van der Waals surface area contributed by atoms with Gasteiger partial charge in [-0.05, 0) is 19.4 Å². The second kappa shape index (κ2) is 3.93. The van der Waals surface area contributed by atoms with E-state index < -0.39 is 5.79 Å². The first kappa shape index (κ1) is 10.6. The van der Waals surface area contributed by atoms with Gasteiger partial charge < -0.3 is 15.2 Å². The van der Waals surface area contributed by atoms with E-state index in [1.54, 1.807) is 0 Å². The van der Waals surface area contributed by atoms with E-state index in [0.717, 1.165) is 5.56 Å². The minimum atomic E-state index is -0.711. The molecular formula is C12H17NO2. The van der Waals surface area contributed by atoms with Gasteiger partial charge in [-0.2, -0.15) is 0 Å². The van der Waals surface area contributed by atoms with Gasteiger partial charge in [0, 0.05) is 5.56 Å². The molecule has 1 fully saturated rings. The zero-order chi connectivity index (χ0) is 10.9. The third-order valence-corrected chi connectivity index (χ3v) is 2.81. The fourth-order valence-corrected chi connectivity index (χ4v) is 2.08. The Morgan fingerprint density at radius 3 is 2.47 bits per heavy atom. The van der Waals surface area contributed by atoms with Crippen LogP contribution in [0.5, 0.6) is 0 Å². The smallest absolute Gasteiger partial charge is 0.207 e. The van der Waals surface area contributed by atoms with Gasteiger partial charge >= 0.3 is 0 Å². The summed E-state index contributed by atoms with van der Waals surface area (Å²) in [7, 11) is 0. The van der Waals surface area contributed by atoms with E-state index in [1.807, 2.05) is 6.07 Å². The maximum absolute atomic E-state index is 5.76. The molecule has 1 aromatic carbocycles. The van der Waals surface area contributed by atoms with Crippen molar-refractivity contribution in [3.8, 4) is 0 Å². The number of hydrogen-bond donors (Lipinski definition) is 1. The first-order chi connectivity index (χ1) is 7.18. The molecule has 1 aliphatic rings. The maximum Gasteiger partial charge on any atom is 0.207 e. The molecule has 0 amide bonds. The van der Waals surface area contributed by atoms with Crippen molar-refractivity contribution >= 4 is 0 Å². The van der Waals surface area contributed by atoms with Crippen molar-refractivity contribution in [3.05, 3.63) is 34.9 Å². The van der Waals surface area contributed by atoms with Gasteiger partial charge in [-0.25, -0.2) is 0 Å². The van der Waals surface area contributed by atoms with Crippen LogP contribution in [0.15, 0.2) is 18.2 Å². The fourth-order valence-electron chi connectivity index (χ4n) is 2.08. The molecule has 0 bridgehead atoms. The van der Waals surface area contributed by atoms with Crippen molar-refractivity contribution in [2.24, 2.45) is 5.73 Å². The molecule has 0 spiro atoms. The lowest BCUT2D eigenvalue weighted by Crippen LogP contribution is -2.36. The maximum atomic E-state index is 5.76. The Balaban J connectivity index is 2.42. The van der Waals surface area contributed by atoms with Crippen LogP contribution >= 0.6 is 0 Å². The van der Waals surface area contributed by atoms with Crippen LogP contribution in [0.3, 0.4) is 0 Å². The SMILES string of the molecule is Cc1ccc(C2(CN)OCCO2)c(C)c1. The van der Waals surface area contributed by atoms with Crippen LogP contribution in [0, 0.1) is 13.8 Å². The fraction of sp³-hybridized carbons (Fsp3) is 0.500. The molecule has 15 heavy (non-hydrogen) atoms. The van der Waals surface area contributed by atoms with Gasteiger partial charge in [-0.15, -0.1) is 0 Å². The average molecular weight is 207 g/mol. The van der Waals surface area contributed by atoms with Gasteiger partial charge in [0.1, 0.15) is 0 Å². The first-order valence-electron chi connectivity index (χ1n) is 5.24. The molecule has 0 aliphatic carbocycles. The van der Waals surface area contributed by atoms with Gasteiger partial charge in [-0.3, -0.25) is 0 Å². The summed E-state index contributed by atoms with van der Waals surface area (Å²) in [6, 6.07) is 6.23. The minimum Gasteiger partial charge on any atom is -0.342 e. The van der Waals surface area contributed by atoms with Crippen molar-refractivity contribution in [3.63, 3.8) is 0 Å². The van der Waals surface area contributed by atoms with Crippen LogP contribution in [-0.2, 0) is 15.3 Å². The van der Waals surface area contributed by atoms with E-state index in [9.17, 15) is 0 Å². The molecular weight excluding hydrogens is 190 g/mol. The predicted molar refractivity (Wildman–Crippen MR) is 58.6 cm³/mol. The number of nitrogens with two attached hydrogens (primary N) is 1. The summed E-state index contributed by atoms with van der Waals surface area (Å²) in [5, 5.41) is 0. The van der Waals surface area contributed by atoms with Crippen LogP contribution in [0.2, 0.25) is 0 Å². The molecule has 1 saturated heterocycles. The van der Waals surface area contributed by atoms with Crippen molar-refractivity contribution in [2.45, 2.75) is 19.6 Å². The molecule has 2 N–H and O–H groups in total. The topological polar surface area (TPSA) is 44.5 Å². The standard InChI is InChI=1S/C12H17NO2/c1-9-3-4-11(10(2)7-9)12(8-13)14-5-6-15-12/h3-4,7H,5-6,8,13H2,1-2H3. The molecule has 2 rings (SSSR count). The molecule has 3 nitrogen and oxygen atoms in total. The summed E-state index contributed by atoms with van der Waals surface area (Å²) >= 11 is 0. The van der Waals surface area contributed by atoms with E-state index in [-0.39, 0.29) is 0 Å². The lowest BCUT2D eigenvalue weighted by atomic mass is 9.98. The lowest BCUT2D eigenvalue weighted by Gasteiger charge is -2.27. The molecule has 1 aromatic rings. The molecule has 0 radical (unpaired) electrons. The highest BCUT2D eigenvalue weighted by Crippen LogP contribution is 2.32. The number of benzene rings is 1. The van der Waals surface area contributed by atoms with E-state index in [0.29, 0.717) is 19.8 Å². The van der Waals surface area contributed by atoms with Crippen LogP contribution in [0.4, 0.5) is 0 Å². The van der Waals surface area contributed by atoms with Crippen LogP contribution in [-0.4, -0.2) is 19.8 Å². The Bertz CT molecular complexity index is 357. The molecule has 0 aromatic heterocycles. The molecule has 0 atom stereocenters. The van der Waals surface area contributed by atoms with E-state index in [4.69, 9.17) is 15.2 Å². The summed E-state index contributed by atoms with van der Waals surface area (Å²) in [4.78, 5) is 0. The Kier molecular flexibility index (Phi) is 2.78. The second-order valence-electron chi connectivity index (χ2n) is 3.97. The highest BCUT2D eigenvalue weighted by molar-refractivity contribution is 5.34. The lowest BCUT2D eigenvalue weighted by molar-refractivity contribution is -0.157. The van der Waals surface area contributed by atoms with E-state index >= 15 is 0 Å². The third kappa shape index (κ3) is 1.78. The molecule has 1 aliphatic heterocycles. The second-order valence-corrected chi connectivity index (χ2v) is 3.97. The summed E-state index contributed by atoms with van der Waals surface area (Å²) < 4.78 is 11.3. The molecule has 0 saturated carbocycles. The number of aryl methyl sites for hydroxylation is 2. The van der Waals surface area contributed by atoms with Gasteiger partial charge in [0.25, 0.3) is 0 Å². The highest BCUT2D eigenvalue weighted by Gasteiger charge is 2.38. The quantitative estimate of drug-likeness (QED) is 0.798. The third-order valence-electron chi connectivity index (χ3n) is 2.81. The number of hydrogen-bond acceptors (Lipinski definition) is 3. The Morgan fingerprint density at radius 2 is 1.93 bits per heavy atom. The van der Waals surface area contributed by atoms with Crippen molar-refractivity contribution in [1.29, 1.82) is 0 Å². The zero-order valence-electron chi connectivity index (χ0n) is 9.25. The number of rotatable bonds is 2. The highest BCUT2D eigenvalue weighted by atomic mass is 16.7. The Labute approximate surface area is 90.2 Å². The predicted octanol–water partition coefficient (Wildman–Crippen LogP) is 1.46. The molecule has 1 heterocycles. The largest absolute Gasteiger partial charge is 0.342 e. The Morgan fingerprint density at radius 1 is 1.27 bits per heavy atom. The van der Waals surface area contributed by atoms with Crippen molar-refractivity contribution < 1.29 is 9.47 Å².